The van der Waals surface area contributed by atoms with Crippen molar-refractivity contribution < 1.29 is 22.7 Å². The standard InChI is InChI=1S/C22H38N4O5S/c1-10-31-19(27)12-16(4)11-17(15(2)3)26(9)21(28)20(22(5,6)7)24-32(29,30)18-13-25(8)14-23-18/h11,13-15,17,20,24H,10,12H2,1-9H3/t17-,20-/m1/s1. The minimum Gasteiger partial charge on any atom is -0.466 e. The highest BCUT2D eigenvalue weighted by Gasteiger charge is 2.39. The van der Waals surface area contributed by atoms with Gasteiger partial charge in [-0.15, -0.1) is 0 Å². The van der Waals surface area contributed by atoms with E-state index in [2.05, 4.69) is 9.71 Å². The maximum absolute atomic E-state index is 13.5. The molecule has 1 amide bonds. The number of rotatable bonds is 10. The normalized spacial score (nSPS) is 14.9. The topological polar surface area (TPSA) is 111 Å². The highest BCUT2D eigenvalue weighted by Crippen LogP contribution is 2.25. The molecule has 0 radical (unpaired) electrons. The molecule has 0 aliphatic carbocycles. The Morgan fingerprint density at radius 1 is 1.31 bits per heavy atom. The highest BCUT2D eigenvalue weighted by atomic mass is 32.2. The van der Waals surface area contributed by atoms with Gasteiger partial charge in [0.1, 0.15) is 6.04 Å². The predicted octanol–water partition coefficient (Wildman–Crippen LogP) is 2.50. The summed E-state index contributed by atoms with van der Waals surface area (Å²) in [6, 6.07) is -1.35. The van der Waals surface area contributed by atoms with Crippen LogP contribution >= 0.6 is 0 Å². The number of aryl methyl sites for hydroxylation is 1. The van der Waals surface area contributed by atoms with Crippen molar-refractivity contribution >= 4 is 21.9 Å². The summed E-state index contributed by atoms with van der Waals surface area (Å²) in [4.78, 5) is 30.8. The molecular weight excluding hydrogens is 432 g/mol. The second kappa shape index (κ2) is 11.1. The van der Waals surface area contributed by atoms with E-state index < -0.39 is 21.5 Å². The molecule has 0 bridgehead atoms. The Balaban J connectivity index is 3.20. The molecule has 1 aromatic heterocycles. The van der Waals surface area contributed by atoms with Gasteiger partial charge in [0.05, 0.1) is 25.4 Å². The van der Waals surface area contributed by atoms with Crippen molar-refractivity contribution in [2.45, 2.75) is 72.0 Å². The van der Waals surface area contributed by atoms with Crippen LogP contribution in [0.3, 0.4) is 0 Å². The molecule has 1 N–H and O–H groups in total. The van der Waals surface area contributed by atoms with Crippen molar-refractivity contribution in [3.63, 3.8) is 0 Å². The van der Waals surface area contributed by atoms with Gasteiger partial charge in [-0.1, -0.05) is 46.3 Å². The van der Waals surface area contributed by atoms with Gasteiger partial charge in [0.25, 0.3) is 10.0 Å². The molecule has 0 aliphatic heterocycles. The van der Waals surface area contributed by atoms with E-state index in [1.54, 1.807) is 41.8 Å². The van der Waals surface area contributed by atoms with E-state index in [4.69, 9.17) is 4.74 Å². The number of nitrogens with zero attached hydrogens (tertiary/aromatic N) is 3. The van der Waals surface area contributed by atoms with Crippen molar-refractivity contribution in [1.29, 1.82) is 0 Å². The van der Waals surface area contributed by atoms with Gasteiger partial charge in [0, 0.05) is 20.3 Å². The first-order chi connectivity index (χ1) is 14.6. The fraction of sp³-hybridized carbons (Fsp3) is 0.682. The van der Waals surface area contributed by atoms with E-state index in [-0.39, 0.29) is 35.3 Å². The summed E-state index contributed by atoms with van der Waals surface area (Å²) in [5, 5.41) is -0.143. The first-order valence-electron chi connectivity index (χ1n) is 10.7. The SMILES string of the molecule is CCOC(=O)CC(C)=C[C@H](C(C)C)N(C)C(=O)[C@@H](NS(=O)(=O)c1cn(C)cn1)C(C)(C)C. The molecule has 0 aromatic carbocycles. The average molecular weight is 471 g/mol. The number of esters is 1. The first kappa shape index (κ1) is 27.8. The summed E-state index contributed by atoms with van der Waals surface area (Å²) in [7, 11) is -0.679. The van der Waals surface area contributed by atoms with Crippen LogP contribution < -0.4 is 4.72 Å². The number of nitrogens with one attached hydrogen (secondary N) is 1. The second-order valence-corrected chi connectivity index (χ2v) is 11.1. The molecule has 0 aliphatic rings. The number of hydrogen-bond donors (Lipinski definition) is 1. The fourth-order valence-electron chi connectivity index (χ4n) is 3.23. The zero-order valence-corrected chi connectivity index (χ0v) is 21.5. The Morgan fingerprint density at radius 2 is 1.91 bits per heavy atom. The van der Waals surface area contributed by atoms with Gasteiger partial charge in [-0.3, -0.25) is 9.59 Å². The first-order valence-corrected chi connectivity index (χ1v) is 12.2. The lowest BCUT2D eigenvalue weighted by atomic mass is 9.86. The maximum atomic E-state index is 13.5. The number of carbonyl (C=O) groups is 2. The smallest absolute Gasteiger partial charge is 0.309 e. The van der Waals surface area contributed by atoms with Crippen LogP contribution in [0.4, 0.5) is 0 Å². The van der Waals surface area contributed by atoms with E-state index in [1.165, 1.54) is 22.0 Å². The third-order valence-electron chi connectivity index (χ3n) is 5.00. The van der Waals surface area contributed by atoms with Gasteiger partial charge in [0.15, 0.2) is 5.03 Å². The van der Waals surface area contributed by atoms with Crippen LogP contribution in [0.1, 0.15) is 54.9 Å². The number of sulfonamides is 1. The molecule has 0 fully saturated rings. The molecule has 32 heavy (non-hydrogen) atoms. The van der Waals surface area contributed by atoms with Crippen LogP contribution in [-0.2, 0) is 31.4 Å². The Labute approximate surface area is 192 Å². The molecule has 182 valence electrons. The molecule has 0 saturated heterocycles. The van der Waals surface area contributed by atoms with Crippen LogP contribution in [0, 0.1) is 11.3 Å². The highest BCUT2D eigenvalue weighted by molar-refractivity contribution is 7.89. The molecular formula is C22H38N4O5S. The third-order valence-corrected chi connectivity index (χ3v) is 6.31. The van der Waals surface area contributed by atoms with Crippen molar-refractivity contribution in [2.75, 3.05) is 13.7 Å². The number of amides is 1. The molecule has 0 saturated carbocycles. The number of likely N-dealkylation sites (N-methyl/N-ethyl adjacent to an activating group) is 1. The number of ether oxygens (including phenoxy) is 1. The summed E-state index contributed by atoms with van der Waals surface area (Å²) in [6.07, 6.45) is 4.77. The van der Waals surface area contributed by atoms with Crippen LogP contribution in [0.15, 0.2) is 29.2 Å². The Morgan fingerprint density at radius 3 is 2.34 bits per heavy atom. The average Bonchev–Trinajstić information content (AvgIpc) is 3.09. The van der Waals surface area contributed by atoms with E-state index in [0.29, 0.717) is 6.61 Å². The molecule has 2 atom stereocenters. The van der Waals surface area contributed by atoms with Crippen LogP contribution in [0.2, 0.25) is 0 Å². The van der Waals surface area contributed by atoms with Crippen molar-refractivity contribution in [3.05, 3.63) is 24.2 Å². The number of aromatic nitrogens is 2. The van der Waals surface area contributed by atoms with Gasteiger partial charge in [0.2, 0.25) is 5.91 Å². The van der Waals surface area contributed by atoms with Gasteiger partial charge >= 0.3 is 5.97 Å². The second-order valence-electron chi connectivity index (χ2n) is 9.48. The monoisotopic (exact) mass is 470 g/mol. The Hall–Kier alpha value is -2.20. The van der Waals surface area contributed by atoms with E-state index in [0.717, 1.165) is 5.57 Å². The van der Waals surface area contributed by atoms with Crippen LogP contribution in [-0.4, -0.2) is 60.5 Å². The number of hydrogen-bond acceptors (Lipinski definition) is 6. The lowest BCUT2D eigenvalue weighted by Gasteiger charge is -2.37. The Kier molecular flexibility index (Phi) is 9.65. The molecule has 1 heterocycles. The molecule has 10 heteroatoms. The van der Waals surface area contributed by atoms with Gasteiger partial charge in [-0.25, -0.2) is 13.4 Å². The van der Waals surface area contributed by atoms with E-state index in [9.17, 15) is 18.0 Å². The summed E-state index contributed by atoms with van der Waals surface area (Å²) in [5.41, 5.74) is 0.0847. The third kappa shape index (κ3) is 7.74. The molecule has 1 aromatic rings. The van der Waals surface area contributed by atoms with Gasteiger partial charge in [-0.2, -0.15) is 4.72 Å². The van der Waals surface area contributed by atoms with Crippen LogP contribution in [0.5, 0.6) is 0 Å². The summed E-state index contributed by atoms with van der Waals surface area (Å²) >= 11 is 0. The van der Waals surface area contributed by atoms with E-state index >= 15 is 0 Å². The maximum Gasteiger partial charge on any atom is 0.309 e. The summed E-state index contributed by atoms with van der Waals surface area (Å²) in [5.74, 6) is -0.654. The molecule has 9 nitrogen and oxygen atoms in total. The predicted molar refractivity (Wildman–Crippen MR) is 123 cm³/mol. The summed E-state index contributed by atoms with van der Waals surface area (Å²) in [6.45, 7) is 13.2. The van der Waals surface area contributed by atoms with Gasteiger partial charge < -0.3 is 14.2 Å². The fourth-order valence-corrected chi connectivity index (χ4v) is 4.61. The minimum atomic E-state index is -4.00. The quantitative estimate of drug-likeness (QED) is 0.415. The number of carbonyl (C=O) groups excluding carboxylic acids is 2. The lowest BCUT2D eigenvalue weighted by molar-refractivity contribution is -0.142. The van der Waals surface area contributed by atoms with Crippen LogP contribution in [0.25, 0.3) is 0 Å². The minimum absolute atomic E-state index is 0.0362. The van der Waals surface area contributed by atoms with Gasteiger partial charge in [-0.05, 0) is 25.2 Å². The molecule has 0 spiro atoms. The zero-order valence-electron chi connectivity index (χ0n) is 20.7. The zero-order chi connectivity index (χ0) is 24.9. The van der Waals surface area contributed by atoms with E-state index in [1.807, 2.05) is 26.8 Å². The van der Waals surface area contributed by atoms with Crippen molar-refractivity contribution in [1.82, 2.24) is 19.2 Å². The summed E-state index contributed by atoms with van der Waals surface area (Å²) < 4.78 is 34.8. The molecule has 1 rings (SSSR count). The molecule has 0 unspecified atom stereocenters. The van der Waals surface area contributed by atoms with Crippen molar-refractivity contribution in [3.8, 4) is 0 Å². The Bertz CT molecular complexity index is 928. The number of imidazole rings is 1. The largest absolute Gasteiger partial charge is 0.466 e. The lowest BCUT2D eigenvalue weighted by Crippen LogP contribution is -2.56. The van der Waals surface area contributed by atoms with Crippen molar-refractivity contribution in [2.24, 2.45) is 18.4 Å².